The molecule has 4 heteroatoms. The maximum Gasteiger partial charge on any atom is 0.131 e. The van der Waals surface area contributed by atoms with E-state index in [9.17, 15) is 13.2 Å². The van der Waals surface area contributed by atoms with E-state index in [0.29, 0.717) is 11.1 Å². The molecule has 0 aromatic heterocycles. The zero-order valence-electron chi connectivity index (χ0n) is 11.6. The Kier molecular flexibility index (Phi) is 4.14. The van der Waals surface area contributed by atoms with Crippen LogP contribution >= 0.6 is 0 Å². The van der Waals surface area contributed by atoms with Gasteiger partial charge < -0.3 is 5.32 Å². The zero-order chi connectivity index (χ0) is 14.9. The second-order valence-corrected chi connectivity index (χ2v) is 4.82. The van der Waals surface area contributed by atoms with E-state index in [1.54, 1.807) is 32.2 Å². The first-order valence-electron chi connectivity index (χ1n) is 6.33. The summed E-state index contributed by atoms with van der Waals surface area (Å²) in [6, 6.07) is 6.42. The highest BCUT2D eigenvalue weighted by molar-refractivity contribution is 5.37. The van der Waals surface area contributed by atoms with E-state index in [2.05, 4.69) is 5.32 Å². The molecule has 0 saturated carbocycles. The predicted molar refractivity (Wildman–Crippen MR) is 73.1 cm³/mol. The minimum Gasteiger partial charge on any atom is -0.309 e. The van der Waals surface area contributed by atoms with Crippen LogP contribution in [0.25, 0.3) is 0 Å². The Bertz CT molecular complexity index is 638. The lowest BCUT2D eigenvalue weighted by atomic mass is 9.95. The minimum absolute atomic E-state index is 0.0973. The third-order valence-electron chi connectivity index (χ3n) is 3.41. The van der Waals surface area contributed by atoms with Crippen molar-refractivity contribution in [3.8, 4) is 0 Å². The van der Waals surface area contributed by atoms with Crippen LogP contribution in [0.3, 0.4) is 0 Å². The van der Waals surface area contributed by atoms with Crippen molar-refractivity contribution in [3.63, 3.8) is 0 Å². The molecule has 106 valence electrons. The fourth-order valence-electron chi connectivity index (χ4n) is 2.25. The number of halogens is 3. The molecule has 2 aromatic rings. The van der Waals surface area contributed by atoms with Crippen molar-refractivity contribution < 1.29 is 13.2 Å². The number of nitrogens with one attached hydrogen (secondary N) is 1. The van der Waals surface area contributed by atoms with Gasteiger partial charge in [0.15, 0.2) is 0 Å². The summed E-state index contributed by atoms with van der Waals surface area (Å²) in [5, 5.41) is 2.84. The molecule has 0 aliphatic rings. The molecule has 1 unspecified atom stereocenters. The second-order valence-electron chi connectivity index (χ2n) is 4.82. The minimum atomic E-state index is -0.731. The largest absolute Gasteiger partial charge is 0.309 e. The highest BCUT2D eigenvalue weighted by atomic mass is 19.1. The van der Waals surface area contributed by atoms with Gasteiger partial charge in [-0.2, -0.15) is 0 Å². The molecule has 0 amide bonds. The Morgan fingerprint density at radius 3 is 2.25 bits per heavy atom. The van der Waals surface area contributed by atoms with E-state index < -0.39 is 23.5 Å². The van der Waals surface area contributed by atoms with Crippen molar-refractivity contribution in [3.05, 3.63) is 70.0 Å². The van der Waals surface area contributed by atoms with Crippen LogP contribution in [-0.2, 0) is 0 Å². The van der Waals surface area contributed by atoms with Gasteiger partial charge in [0, 0.05) is 11.1 Å². The van der Waals surface area contributed by atoms with Crippen LogP contribution in [0.1, 0.15) is 28.3 Å². The van der Waals surface area contributed by atoms with E-state index in [4.69, 9.17) is 0 Å². The molecule has 1 N–H and O–H groups in total. The van der Waals surface area contributed by atoms with E-state index in [0.717, 1.165) is 12.1 Å². The molecular formula is C16H16F3N. The third-order valence-corrected chi connectivity index (χ3v) is 3.41. The average molecular weight is 279 g/mol. The fourth-order valence-corrected chi connectivity index (χ4v) is 2.25. The van der Waals surface area contributed by atoms with Gasteiger partial charge in [0.25, 0.3) is 0 Å². The maximum absolute atomic E-state index is 14.2. The Morgan fingerprint density at radius 2 is 1.60 bits per heavy atom. The number of hydrogen-bond acceptors (Lipinski definition) is 1. The summed E-state index contributed by atoms with van der Waals surface area (Å²) >= 11 is 0. The maximum atomic E-state index is 14.2. The molecular weight excluding hydrogens is 263 g/mol. The highest BCUT2D eigenvalue weighted by Gasteiger charge is 2.21. The van der Waals surface area contributed by atoms with Gasteiger partial charge in [0.05, 0.1) is 6.04 Å². The average Bonchev–Trinajstić information content (AvgIpc) is 2.41. The topological polar surface area (TPSA) is 12.0 Å². The van der Waals surface area contributed by atoms with Crippen LogP contribution in [0.15, 0.2) is 30.3 Å². The standard InChI is InChI=1S/C16H16F3N/c1-9-5-4-6-11(15(9)19)16(20-3)12-8-13(17)10(2)7-14(12)18/h4-8,16,20H,1-3H3. The monoisotopic (exact) mass is 279 g/mol. The summed E-state index contributed by atoms with van der Waals surface area (Å²) in [6.45, 7) is 3.13. The highest BCUT2D eigenvalue weighted by Crippen LogP contribution is 2.28. The third kappa shape index (κ3) is 2.56. The molecule has 0 bridgehead atoms. The Labute approximate surface area is 116 Å². The van der Waals surface area contributed by atoms with E-state index in [1.807, 2.05) is 0 Å². The molecule has 0 aliphatic carbocycles. The molecule has 0 spiro atoms. The van der Waals surface area contributed by atoms with Crippen LogP contribution in [0.4, 0.5) is 13.2 Å². The molecule has 0 aliphatic heterocycles. The Morgan fingerprint density at radius 1 is 0.900 bits per heavy atom. The number of hydrogen-bond donors (Lipinski definition) is 1. The summed E-state index contributed by atoms with van der Waals surface area (Å²) in [5.74, 6) is -1.47. The molecule has 0 heterocycles. The fraction of sp³-hybridized carbons (Fsp3) is 0.250. The Hall–Kier alpha value is -1.81. The van der Waals surface area contributed by atoms with Gasteiger partial charge in [-0.15, -0.1) is 0 Å². The molecule has 0 saturated heterocycles. The summed E-state index contributed by atoms with van der Waals surface area (Å²) in [4.78, 5) is 0. The normalized spacial score (nSPS) is 12.5. The van der Waals surface area contributed by atoms with Crippen LogP contribution in [0, 0.1) is 31.3 Å². The van der Waals surface area contributed by atoms with Gasteiger partial charge in [-0.1, -0.05) is 18.2 Å². The molecule has 0 radical (unpaired) electrons. The van der Waals surface area contributed by atoms with Crippen LogP contribution < -0.4 is 5.32 Å². The van der Waals surface area contributed by atoms with Gasteiger partial charge >= 0.3 is 0 Å². The molecule has 1 atom stereocenters. The quantitative estimate of drug-likeness (QED) is 0.894. The molecule has 2 aromatic carbocycles. The van der Waals surface area contributed by atoms with Gasteiger partial charge in [-0.05, 0) is 44.2 Å². The zero-order valence-corrected chi connectivity index (χ0v) is 11.6. The summed E-state index contributed by atoms with van der Waals surface area (Å²) in [6.07, 6.45) is 0. The predicted octanol–water partition coefficient (Wildman–Crippen LogP) is 4.03. The summed E-state index contributed by atoms with van der Waals surface area (Å²) in [7, 11) is 1.59. The molecule has 2 rings (SSSR count). The van der Waals surface area contributed by atoms with E-state index in [-0.39, 0.29) is 11.1 Å². The van der Waals surface area contributed by atoms with Crippen molar-refractivity contribution in [2.45, 2.75) is 19.9 Å². The number of benzene rings is 2. The van der Waals surface area contributed by atoms with Crippen LogP contribution in [-0.4, -0.2) is 7.05 Å². The lowest BCUT2D eigenvalue weighted by Gasteiger charge is -2.20. The Balaban J connectivity index is 2.58. The van der Waals surface area contributed by atoms with E-state index in [1.165, 1.54) is 6.92 Å². The number of rotatable bonds is 3. The smallest absolute Gasteiger partial charge is 0.131 e. The van der Waals surface area contributed by atoms with Gasteiger partial charge in [-0.3, -0.25) is 0 Å². The lowest BCUT2D eigenvalue weighted by Crippen LogP contribution is -2.21. The molecule has 20 heavy (non-hydrogen) atoms. The summed E-state index contributed by atoms with van der Waals surface area (Å²) in [5.41, 5.74) is 1.09. The molecule has 0 fully saturated rings. The van der Waals surface area contributed by atoms with Crippen molar-refractivity contribution in [1.29, 1.82) is 0 Å². The number of aryl methyl sites for hydroxylation is 2. The summed E-state index contributed by atoms with van der Waals surface area (Å²) < 4.78 is 41.9. The SMILES string of the molecule is CNC(c1cc(F)c(C)cc1F)c1cccc(C)c1F. The first-order chi connectivity index (χ1) is 9.45. The van der Waals surface area contributed by atoms with Crippen molar-refractivity contribution in [1.82, 2.24) is 5.32 Å². The molecule has 1 nitrogen and oxygen atoms in total. The second kappa shape index (κ2) is 5.67. The van der Waals surface area contributed by atoms with E-state index >= 15 is 0 Å². The van der Waals surface area contributed by atoms with Gasteiger partial charge in [0.1, 0.15) is 17.5 Å². The van der Waals surface area contributed by atoms with Gasteiger partial charge in [0.2, 0.25) is 0 Å². The van der Waals surface area contributed by atoms with Crippen LogP contribution in [0.2, 0.25) is 0 Å². The lowest BCUT2D eigenvalue weighted by molar-refractivity contribution is 0.532. The van der Waals surface area contributed by atoms with Crippen LogP contribution in [0.5, 0.6) is 0 Å². The first kappa shape index (κ1) is 14.6. The van der Waals surface area contributed by atoms with Crippen molar-refractivity contribution >= 4 is 0 Å². The van der Waals surface area contributed by atoms with Crippen molar-refractivity contribution in [2.75, 3.05) is 7.05 Å². The van der Waals surface area contributed by atoms with Gasteiger partial charge in [-0.25, -0.2) is 13.2 Å². The first-order valence-corrected chi connectivity index (χ1v) is 6.33. The van der Waals surface area contributed by atoms with Crippen molar-refractivity contribution in [2.24, 2.45) is 0 Å².